The number of aromatic nitrogens is 1. The van der Waals surface area contributed by atoms with Gasteiger partial charge in [-0.3, -0.25) is 4.98 Å². The van der Waals surface area contributed by atoms with Gasteiger partial charge in [0.2, 0.25) is 0 Å². The first kappa shape index (κ1) is 11.7. The van der Waals surface area contributed by atoms with E-state index < -0.39 is 0 Å². The highest BCUT2D eigenvalue weighted by Gasteiger charge is 2.15. The van der Waals surface area contributed by atoms with E-state index in [-0.39, 0.29) is 5.38 Å². The number of hydrogen-bond donors (Lipinski definition) is 0. The second-order valence-electron chi connectivity index (χ2n) is 4.55. The van der Waals surface area contributed by atoms with Gasteiger partial charge in [-0.1, -0.05) is 18.2 Å². The molecule has 0 bridgehead atoms. The summed E-state index contributed by atoms with van der Waals surface area (Å²) in [6.07, 6.45) is 4.43. The summed E-state index contributed by atoms with van der Waals surface area (Å²) in [5.41, 5.74) is 4.93. The molecule has 2 aromatic rings. The van der Waals surface area contributed by atoms with Crippen molar-refractivity contribution in [3.05, 3.63) is 65.0 Å². The summed E-state index contributed by atoms with van der Waals surface area (Å²) in [7, 11) is 0. The van der Waals surface area contributed by atoms with Crippen molar-refractivity contribution in [3.63, 3.8) is 0 Å². The number of rotatable bonds is 3. The number of halogens is 1. The molecule has 0 aliphatic carbocycles. The SMILES string of the molecule is ClC(Cc1ccncc1)c1ccc2c(c1)COC2. The zero-order valence-corrected chi connectivity index (χ0v) is 10.7. The number of fused-ring (bicyclic) bond motifs is 1. The molecule has 1 aromatic heterocycles. The molecular formula is C15H14ClNO. The molecular weight excluding hydrogens is 246 g/mol. The Labute approximate surface area is 112 Å². The summed E-state index contributed by atoms with van der Waals surface area (Å²) < 4.78 is 5.42. The van der Waals surface area contributed by atoms with Gasteiger partial charge in [-0.15, -0.1) is 11.6 Å². The highest BCUT2D eigenvalue weighted by molar-refractivity contribution is 6.20. The van der Waals surface area contributed by atoms with E-state index >= 15 is 0 Å². The van der Waals surface area contributed by atoms with Crippen LogP contribution in [0.4, 0.5) is 0 Å². The Bertz CT molecular complexity index is 541. The van der Waals surface area contributed by atoms with E-state index in [1.165, 1.54) is 16.7 Å². The fourth-order valence-corrected chi connectivity index (χ4v) is 2.54. The van der Waals surface area contributed by atoms with E-state index in [9.17, 15) is 0 Å². The van der Waals surface area contributed by atoms with Gasteiger partial charge < -0.3 is 4.74 Å². The number of benzene rings is 1. The van der Waals surface area contributed by atoms with Gasteiger partial charge >= 0.3 is 0 Å². The summed E-state index contributed by atoms with van der Waals surface area (Å²) in [4.78, 5) is 4.01. The molecule has 1 aliphatic heterocycles. The van der Waals surface area contributed by atoms with Crippen LogP contribution in [-0.2, 0) is 24.4 Å². The van der Waals surface area contributed by atoms with Gasteiger partial charge in [-0.25, -0.2) is 0 Å². The molecule has 1 aliphatic rings. The van der Waals surface area contributed by atoms with Gasteiger partial charge in [0.15, 0.2) is 0 Å². The van der Waals surface area contributed by atoms with Gasteiger partial charge in [0.1, 0.15) is 0 Å². The summed E-state index contributed by atoms with van der Waals surface area (Å²) in [6, 6.07) is 10.4. The highest BCUT2D eigenvalue weighted by Crippen LogP contribution is 2.29. The second kappa shape index (κ2) is 5.09. The van der Waals surface area contributed by atoms with Crippen molar-refractivity contribution < 1.29 is 4.74 Å². The third-order valence-electron chi connectivity index (χ3n) is 3.27. The molecule has 1 unspecified atom stereocenters. The number of nitrogens with zero attached hydrogens (tertiary/aromatic N) is 1. The molecule has 3 heteroatoms. The molecule has 18 heavy (non-hydrogen) atoms. The van der Waals surface area contributed by atoms with Crippen molar-refractivity contribution in [1.29, 1.82) is 0 Å². The van der Waals surface area contributed by atoms with E-state index in [0.717, 1.165) is 18.6 Å². The summed E-state index contributed by atoms with van der Waals surface area (Å²) in [5, 5.41) is -0.00157. The second-order valence-corrected chi connectivity index (χ2v) is 5.07. The van der Waals surface area contributed by atoms with Crippen molar-refractivity contribution in [1.82, 2.24) is 4.98 Å². The van der Waals surface area contributed by atoms with E-state index in [0.29, 0.717) is 6.61 Å². The molecule has 2 nitrogen and oxygen atoms in total. The smallest absolute Gasteiger partial charge is 0.0725 e. The minimum absolute atomic E-state index is 0.00157. The molecule has 0 saturated carbocycles. The predicted octanol–water partition coefficient (Wildman–Crippen LogP) is 3.63. The van der Waals surface area contributed by atoms with Crippen LogP contribution in [0, 0.1) is 0 Å². The largest absolute Gasteiger partial charge is 0.372 e. The van der Waals surface area contributed by atoms with Crippen LogP contribution in [0.3, 0.4) is 0 Å². The number of alkyl halides is 1. The van der Waals surface area contributed by atoms with Crippen LogP contribution < -0.4 is 0 Å². The van der Waals surface area contributed by atoms with Gasteiger partial charge in [0.05, 0.1) is 18.6 Å². The first-order valence-electron chi connectivity index (χ1n) is 6.05. The Morgan fingerprint density at radius 3 is 2.72 bits per heavy atom. The lowest BCUT2D eigenvalue weighted by molar-refractivity contribution is 0.134. The molecule has 0 spiro atoms. The van der Waals surface area contributed by atoms with Gasteiger partial charge in [-0.2, -0.15) is 0 Å². The summed E-state index contributed by atoms with van der Waals surface area (Å²) in [6.45, 7) is 1.44. The first-order chi connectivity index (χ1) is 8.83. The lowest BCUT2D eigenvalue weighted by Gasteiger charge is -2.11. The van der Waals surface area contributed by atoms with Gasteiger partial charge in [0, 0.05) is 12.4 Å². The summed E-state index contributed by atoms with van der Waals surface area (Å²) >= 11 is 6.48. The van der Waals surface area contributed by atoms with Crippen LogP contribution >= 0.6 is 11.6 Å². The fourth-order valence-electron chi connectivity index (χ4n) is 2.23. The Hall–Kier alpha value is -1.38. The van der Waals surface area contributed by atoms with E-state index in [1.54, 1.807) is 12.4 Å². The molecule has 1 aromatic carbocycles. The molecule has 3 rings (SSSR count). The Morgan fingerprint density at radius 2 is 1.89 bits per heavy atom. The van der Waals surface area contributed by atoms with E-state index in [1.807, 2.05) is 12.1 Å². The lowest BCUT2D eigenvalue weighted by Crippen LogP contribution is -1.97. The number of ether oxygens (including phenoxy) is 1. The highest BCUT2D eigenvalue weighted by atomic mass is 35.5. The maximum atomic E-state index is 6.48. The van der Waals surface area contributed by atoms with Crippen LogP contribution in [0.2, 0.25) is 0 Å². The molecule has 92 valence electrons. The fraction of sp³-hybridized carbons (Fsp3) is 0.267. The first-order valence-corrected chi connectivity index (χ1v) is 6.49. The monoisotopic (exact) mass is 259 g/mol. The minimum atomic E-state index is -0.00157. The molecule has 0 saturated heterocycles. The van der Waals surface area contributed by atoms with Crippen LogP contribution in [0.5, 0.6) is 0 Å². The van der Waals surface area contributed by atoms with Crippen molar-refractivity contribution >= 4 is 11.6 Å². The van der Waals surface area contributed by atoms with E-state index in [4.69, 9.17) is 16.3 Å². The van der Waals surface area contributed by atoms with E-state index in [2.05, 4.69) is 23.2 Å². The average molecular weight is 260 g/mol. The van der Waals surface area contributed by atoms with Crippen LogP contribution in [0.1, 0.15) is 27.6 Å². The predicted molar refractivity (Wildman–Crippen MR) is 71.5 cm³/mol. The molecule has 0 N–H and O–H groups in total. The summed E-state index contributed by atoms with van der Waals surface area (Å²) in [5.74, 6) is 0. The molecule has 0 amide bonds. The Balaban J connectivity index is 1.78. The average Bonchev–Trinajstić information content (AvgIpc) is 2.87. The third-order valence-corrected chi connectivity index (χ3v) is 3.68. The van der Waals surface area contributed by atoms with Crippen LogP contribution in [0.15, 0.2) is 42.7 Å². The minimum Gasteiger partial charge on any atom is -0.372 e. The maximum absolute atomic E-state index is 6.48. The van der Waals surface area contributed by atoms with Gasteiger partial charge in [-0.05, 0) is 40.8 Å². The van der Waals surface area contributed by atoms with Crippen LogP contribution in [0.25, 0.3) is 0 Å². The Kier molecular flexibility index (Phi) is 3.31. The van der Waals surface area contributed by atoms with Crippen LogP contribution in [-0.4, -0.2) is 4.98 Å². The zero-order chi connectivity index (χ0) is 12.4. The van der Waals surface area contributed by atoms with Crippen molar-refractivity contribution in [2.75, 3.05) is 0 Å². The standard InChI is InChI=1S/C15H14ClNO/c16-15(7-11-3-5-17-6-4-11)12-1-2-13-9-18-10-14(13)8-12/h1-6,8,15H,7,9-10H2. The number of hydrogen-bond acceptors (Lipinski definition) is 2. The Morgan fingerprint density at radius 1 is 1.11 bits per heavy atom. The zero-order valence-electron chi connectivity index (χ0n) is 9.97. The molecule has 2 heterocycles. The number of pyridine rings is 1. The molecule has 0 fully saturated rings. The third kappa shape index (κ3) is 2.40. The molecule has 0 radical (unpaired) electrons. The van der Waals surface area contributed by atoms with Crippen molar-refractivity contribution in [3.8, 4) is 0 Å². The maximum Gasteiger partial charge on any atom is 0.0725 e. The lowest BCUT2D eigenvalue weighted by atomic mass is 10.0. The van der Waals surface area contributed by atoms with Gasteiger partial charge in [0.25, 0.3) is 0 Å². The van der Waals surface area contributed by atoms with Crippen molar-refractivity contribution in [2.45, 2.75) is 25.0 Å². The topological polar surface area (TPSA) is 22.1 Å². The molecule has 1 atom stereocenters. The van der Waals surface area contributed by atoms with Crippen molar-refractivity contribution in [2.24, 2.45) is 0 Å². The normalized spacial score (nSPS) is 15.4. The quantitative estimate of drug-likeness (QED) is 0.786.